The van der Waals surface area contributed by atoms with Gasteiger partial charge in [-0.05, 0) is 26.0 Å². The van der Waals surface area contributed by atoms with Crippen molar-refractivity contribution in [1.29, 1.82) is 0 Å². The van der Waals surface area contributed by atoms with Crippen LogP contribution in [0.15, 0.2) is 24.5 Å². The molecule has 130 valence electrons. The number of aromatic nitrogens is 3. The Morgan fingerprint density at radius 3 is 2.76 bits per heavy atom. The largest absolute Gasteiger partial charge is 0.352 e. The van der Waals surface area contributed by atoms with Crippen LogP contribution in [0.4, 0.5) is 10.6 Å². The molecule has 0 aromatic carbocycles. The van der Waals surface area contributed by atoms with Crippen LogP contribution in [0.5, 0.6) is 0 Å². The van der Waals surface area contributed by atoms with E-state index in [4.69, 9.17) is 4.98 Å². The molecule has 1 atom stereocenters. The molecule has 7 heteroatoms. The van der Waals surface area contributed by atoms with Gasteiger partial charge in [0.05, 0.1) is 6.04 Å². The molecule has 0 bridgehead atoms. The zero-order chi connectivity index (χ0) is 17.6. The lowest BCUT2D eigenvalue weighted by atomic mass is 10.1. The summed E-state index contributed by atoms with van der Waals surface area (Å²) in [4.78, 5) is 31.9. The molecule has 0 spiro atoms. The third-order valence-corrected chi connectivity index (χ3v) is 5.12. The lowest BCUT2D eigenvalue weighted by molar-refractivity contribution is 0.187. The van der Waals surface area contributed by atoms with Crippen LogP contribution in [0, 0.1) is 13.8 Å². The van der Waals surface area contributed by atoms with E-state index in [-0.39, 0.29) is 12.1 Å². The summed E-state index contributed by atoms with van der Waals surface area (Å²) < 4.78 is 0. The molecule has 4 heterocycles. The summed E-state index contributed by atoms with van der Waals surface area (Å²) in [6, 6.07) is 4.23. The number of carbonyl (C=O) groups is 1. The molecule has 25 heavy (non-hydrogen) atoms. The van der Waals surface area contributed by atoms with Crippen LogP contribution >= 0.6 is 0 Å². The summed E-state index contributed by atoms with van der Waals surface area (Å²) in [5.74, 6) is 1.67. The second-order valence-electron chi connectivity index (χ2n) is 6.78. The van der Waals surface area contributed by atoms with Gasteiger partial charge in [0.25, 0.3) is 0 Å². The molecule has 2 amide bonds. The number of hydrogen-bond acceptors (Lipinski definition) is 5. The lowest BCUT2D eigenvalue weighted by Crippen LogP contribution is -2.52. The van der Waals surface area contributed by atoms with Crippen molar-refractivity contribution in [3.8, 4) is 11.4 Å². The third-order valence-electron chi connectivity index (χ3n) is 5.12. The molecule has 2 fully saturated rings. The van der Waals surface area contributed by atoms with Crippen molar-refractivity contribution < 1.29 is 4.79 Å². The first-order valence-corrected chi connectivity index (χ1v) is 8.57. The number of amides is 2. The van der Waals surface area contributed by atoms with Crippen molar-refractivity contribution in [2.24, 2.45) is 0 Å². The molecular weight excluding hydrogens is 316 g/mol. The summed E-state index contributed by atoms with van der Waals surface area (Å²) in [5.41, 5.74) is 2.99. The quantitative estimate of drug-likeness (QED) is 0.834. The van der Waals surface area contributed by atoms with Crippen molar-refractivity contribution in [2.45, 2.75) is 19.9 Å². The van der Waals surface area contributed by atoms with Gasteiger partial charge in [-0.3, -0.25) is 4.98 Å². The maximum absolute atomic E-state index is 12.1. The SMILES string of the molecule is Cc1nc(-c2cccnc2)nc(N2CCN3C(=O)N(C)CC3C2)c1C. The molecule has 4 rings (SSSR count). The number of urea groups is 1. The van der Waals surface area contributed by atoms with E-state index in [0.717, 1.165) is 48.8 Å². The van der Waals surface area contributed by atoms with E-state index in [2.05, 4.69) is 21.8 Å². The Kier molecular flexibility index (Phi) is 3.78. The molecule has 0 saturated carbocycles. The van der Waals surface area contributed by atoms with E-state index in [1.807, 2.05) is 31.0 Å². The minimum absolute atomic E-state index is 0.135. The molecule has 0 radical (unpaired) electrons. The second kappa shape index (κ2) is 5.98. The zero-order valence-electron chi connectivity index (χ0n) is 14.8. The van der Waals surface area contributed by atoms with Gasteiger partial charge in [0.15, 0.2) is 5.82 Å². The molecule has 2 aromatic heterocycles. The van der Waals surface area contributed by atoms with E-state index in [1.54, 1.807) is 17.3 Å². The van der Waals surface area contributed by atoms with Crippen molar-refractivity contribution in [1.82, 2.24) is 24.8 Å². The number of nitrogens with zero attached hydrogens (tertiary/aromatic N) is 6. The molecule has 1 unspecified atom stereocenters. The first kappa shape index (κ1) is 15.8. The van der Waals surface area contributed by atoms with Gasteiger partial charge >= 0.3 is 6.03 Å². The number of anilines is 1. The predicted octanol–water partition coefficient (Wildman–Crippen LogP) is 1.71. The molecule has 2 aliphatic rings. The van der Waals surface area contributed by atoms with Gasteiger partial charge in [-0.1, -0.05) is 0 Å². The number of likely N-dealkylation sites (N-methyl/N-ethyl adjacent to an activating group) is 1. The van der Waals surface area contributed by atoms with Gasteiger partial charge in [-0.2, -0.15) is 0 Å². The Balaban J connectivity index is 1.66. The van der Waals surface area contributed by atoms with Gasteiger partial charge in [0.1, 0.15) is 5.82 Å². The summed E-state index contributed by atoms with van der Waals surface area (Å²) in [6.45, 7) is 7.19. The van der Waals surface area contributed by atoms with Crippen LogP contribution in [0.3, 0.4) is 0 Å². The maximum Gasteiger partial charge on any atom is 0.320 e. The van der Waals surface area contributed by atoms with Crippen molar-refractivity contribution in [3.63, 3.8) is 0 Å². The Hall–Kier alpha value is -2.70. The number of fused-ring (bicyclic) bond motifs is 1. The number of piperazine rings is 1. The molecule has 0 aliphatic carbocycles. The Bertz CT molecular complexity index is 809. The van der Waals surface area contributed by atoms with Crippen LogP contribution < -0.4 is 4.90 Å². The minimum Gasteiger partial charge on any atom is -0.352 e. The first-order chi connectivity index (χ1) is 12.0. The van der Waals surface area contributed by atoms with Crippen LogP contribution in [0.2, 0.25) is 0 Å². The zero-order valence-corrected chi connectivity index (χ0v) is 14.8. The summed E-state index contributed by atoms with van der Waals surface area (Å²) in [5, 5.41) is 0. The molecule has 7 nitrogen and oxygen atoms in total. The normalized spacial score (nSPS) is 20.2. The third kappa shape index (κ3) is 2.69. The van der Waals surface area contributed by atoms with E-state index >= 15 is 0 Å². The summed E-state index contributed by atoms with van der Waals surface area (Å²) in [7, 11) is 1.87. The predicted molar refractivity (Wildman–Crippen MR) is 95.5 cm³/mol. The number of rotatable bonds is 2. The van der Waals surface area contributed by atoms with Crippen molar-refractivity contribution in [2.75, 3.05) is 38.1 Å². The van der Waals surface area contributed by atoms with Crippen molar-refractivity contribution in [3.05, 3.63) is 35.8 Å². The fourth-order valence-corrected chi connectivity index (χ4v) is 3.61. The van der Waals surface area contributed by atoms with Gasteiger partial charge in [0, 0.05) is 62.4 Å². The minimum atomic E-state index is 0.135. The number of carbonyl (C=O) groups excluding carboxylic acids is 1. The lowest BCUT2D eigenvalue weighted by Gasteiger charge is -2.37. The molecule has 0 N–H and O–H groups in total. The van der Waals surface area contributed by atoms with Gasteiger partial charge < -0.3 is 14.7 Å². The molecule has 2 aromatic rings. The standard InChI is InChI=1S/C18H22N6O/c1-12-13(2)20-16(14-5-4-6-19-9-14)21-17(12)23-7-8-24-15(11-23)10-22(3)18(24)25/h4-6,9,15H,7-8,10-11H2,1-3H3. The monoisotopic (exact) mass is 338 g/mol. The number of hydrogen-bond donors (Lipinski definition) is 0. The van der Waals surface area contributed by atoms with E-state index in [0.29, 0.717) is 5.82 Å². The highest BCUT2D eigenvalue weighted by molar-refractivity contribution is 5.77. The fraction of sp³-hybridized carbons (Fsp3) is 0.444. The second-order valence-corrected chi connectivity index (χ2v) is 6.78. The van der Waals surface area contributed by atoms with Crippen LogP contribution in [0.1, 0.15) is 11.3 Å². The average Bonchev–Trinajstić information content (AvgIpc) is 2.91. The van der Waals surface area contributed by atoms with Crippen LogP contribution in [-0.4, -0.2) is 70.1 Å². The van der Waals surface area contributed by atoms with Gasteiger partial charge in [0.2, 0.25) is 0 Å². The molecule has 2 saturated heterocycles. The summed E-state index contributed by atoms with van der Waals surface area (Å²) in [6.07, 6.45) is 3.54. The maximum atomic E-state index is 12.1. The Labute approximate surface area is 147 Å². The smallest absolute Gasteiger partial charge is 0.320 e. The summed E-state index contributed by atoms with van der Waals surface area (Å²) >= 11 is 0. The van der Waals surface area contributed by atoms with Crippen LogP contribution in [0.25, 0.3) is 11.4 Å². The van der Waals surface area contributed by atoms with Crippen LogP contribution in [-0.2, 0) is 0 Å². The van der Waals surface area contributed by atoms with E-state index in [1.165, 1.54) is 0 Å². The topological polar surface area (TPSA) is 65.5 Å². The van der Waals surface area contributed by atoms with E-state index in [9.17, 15) is 4.79 Å². The number of aryl methyl sites for hydroxylation is 1. The van der Waals surface area contributed by atoms with Gasteiger partial charge in [-0.15, -0.1) is 0 Å². The molecule has 2 aliphatic heterocycles. The highest BCUT2D eigenvalue weighted by Gasteiger charge is 2.39. The van der Waals surface area contributed by atoms with Gasteiger partial charge in [-0.25, -0.2) is 14.8 Å². The average molecular weight is 338 g/mol. The highest BCUT2D eigenvalue weighted by atomic mass is 16.2. The van der Waals surface area contributed by atoms with Crippen molar-refractivity contribution >= 4 is 11.8 Å². The van der Waals surface area contributed by atoms with E-state index < -0.39 is 0 Å². The Morgan fingerprint density at radius 1 is 1.16 bits per heavy atom. The number of pyridine rings is 1. The first-order valence-electron chi connectivity index (χ1n) is 8.57. The highest BCUT2D eigenvalue weighted by Crippen LogP contribution is 2.28. The Morgan fingerprint density at radius 2 is 2.00 bits per heavy atom. The fourth-order valence-electron chi connectivity index (χ4n) is 3.61. The molecular formula is C18H22N6O.